The van der Waals surface area contributed by atoms with Gasteiger partial charge in [0.25, 0.3) is 0 Å². The van der Waals surface area contributed by atoms with Crippen LogP contribution in [-0.2, 0) is 24.4 Å². The second-order valence-electron chi connectivity index (χ2n) is 4.73. The fraction of sp³-hybridized carbons (Fsp3) is 0.286. The van der Waals surface area contributed by atoms with Gasteiger partial charge in [0, 0.05) is 12.2 Å². The monoisotopic (exact) mass is 280 g/mol. The van der Waals surface area contributed by atoms with E-state index in [1.165, 1.54) is 0 Å². The van der Waals surface area contributed by atoms with Crippen LogP contribution in [0.4, 0.5) is 0 Å². The second kappa shape index (κ2) is 7.42. The lowest BCUT2D eigenvalue weighted by Gasteiger charge is -2.14. The number of para-hydroxylation sites is 1. The Morgan fingerprint density at radius 1 is 1.00 bits per heavy atom. The summed E-state index contributed by atoms with van der Waals surface area (Å²) in [5, 5.41) is 4.26. The van der Waals surface area contributed by atoms with Gasteiger partial charge in [0.05, 0.1) is 5.60 Å². The molecule has 0 aliphatic carbocycles. The van der Waals surface area contributed by atoms with Crippen LogP contribution in [0.2, 0.25) is 0 Å². The van der Waals surface area contributed by atoms with E-state index in [1.807, 2.05) is 0 Å². The molecule has 6 heteroatoms. The minimum absolute atomic E-state index is 0.378. The highest BCUT2D eigenvalue weighted by atomic mass is 17.5. The summed E-state index contributed by atoms with van der Waals surface area (Å²) in [6.45, 7) is 5.15. The molecular weight excluding hydrogens is 264 g/mol. The summed E-state index contributed by atoms with van der Waals surface area (Å²) in [4.78, 5) is 31.5. The van der Waals surface area contributed by atoms with Crippen molar-refractivity contribution in [3.05, 3.63) is 42.5 Å². The molecule has 1 aromatic rings. The molecular formula is C14H16O6. The molecule has 0 N–H and O–H groups in total. The molecule has 0 bridgehead atoms. The Bertz CT molecular complexity index is 472. The molecule has 0 amide bonds. The topological polar surface area (TPSA) is 71.1 Å². The van der Waals surface area contributed by atoms with Gasteiger partial charge >= 0.3 is 11.9 Å². The molecule has 0 saturated heterocycles. The van der Waals surface area contributed by atoms with Gasteiger partial charge in [-0.3, -0.25) is 4.89 Å². The van der Waals surface area contributed by atoms with Crippen molar-refractivity contribution in [2.45, 2.75) is 26.4 Å². The zero-order chi connectivity index (χ0) is 15.0. The maximum atomic E-state index is 11.4. The Kier molecular flexibility index (Phi) is 5.89. The van der Waals surface area contributed by atoms with Crippen LogP contribution >= 0.6 is 0 Å². The largest absolute Gasteiger partial charge is 0.423 e. The maximum Gasteiger partial charge on any atom is 0.369 e. The van der Waals surface area contributed by atoms with Gasteiger partial charge in [-0.2, -0.15) is 4.89 Å². The molecule has 108 valence electrons. The lowest BCUT2D eigenvalue weighted by molar-refractivity contribution is -0.513. The SMILES string of the molecule is CC(C)(C)OOOC(=O)/C=C/C(=O)Oc1ccccc1. The standard InChI is InChI=1S/C14H16O6/c1-14(2,3)19-20-18-13(16)10-9-12(15)17-11-7-5-4-6-8-11/h4-10H,1-3H3/b10-9+. The van der Waals surface area contributed by atoms with Crippen molar-refractivity contribution < 1.29 is 29.1 Å². The summed E-state index contributed by atoms with van der Waals surface area (Å²) < 4.78 is 4.92. The molecule has 0 atom stereocenters. The first-order valence-electron chi connectivity index (χ1n) is 5.88. The van der Waals surface area contributed by atoms with E-state index in [2.05, 4.69) is 9.93 Å². The fourth-order valence-electron chi connectivity index (χ4n) is 0.955. The second-order valence-corrected chi connectivity index (χ2v) is 4.73. The Hall–Kier alpha value is -2.18. The highest BCUT2D eigenvalue weighted by Crippen LogP contribution is 2.09. The van der Waals surface area contributed by atoms with Crippen LogP contribution in [-0.4, -0.2) is 17.5 Å². The molecule has 6 nitrogen and oxygen atoms in total. The third-order valence-corrected chi connectivity index (χ3v) is 1.72. The van der Waals surface area contributed by atoms with Crippen LogP contribution in [0.15, 0.2) is 42.5 Å². The van der Waals surface area contributed by atoms with Crippen LogP contribution in [0.1, 0.15) is 20.8 Å². The van der Waals surface area contributed by atoms with Crippen LogP contribution in [0, 0.1) is 0 Å². The third kappa shape index (κ3) is 7.30. The van der Waals surface area contributed by atoms with Crippen molar-refractivity contribution in [2.24, 2.45) is 0 Å². The molecule has 0 radical (unpaired) electrons. The lowest BCUT2D eigenvalue weighted by atomic mass is 10.2. The predicted molar refractivity (Wildman–Crippen MR) is 69.2 cm³/mol. The van der Waals surface area contributed by atoms with Gasteiger partial charge in [0.1, 0.15) is 5.75 Å². The van der Waals surface area contributed by atoms with Gasteiger partial charge in [-0.15, -0.1) is 0 Å². The number of benzene rings is 1. The summed E-state index contributed by atoms with van der Waals surface area (Å²) in [5.41, 5.74) is -0.615. The van der Waals surface area contributed by atoms with E-state index in [1.54, 1.807) is 51.1 Å². The van der Waals surface area contributed by atoms with Crippen molar-refractivity contribution in [3.8, 4) is 5.75 Å². The van der Waals surface area contributed by atoms with Crippen molar-refractivity contribution in [3.63, 3.8) is 0 Å². The van der Waals surface area contributed by atoms with Crippen LogP contribution in [0.25, 0.3) is 0 Å². The van der Waals surface area contributed by atoms with Gasteiger partial charge in [0.2, 0.25) is 0 Å². The Morgan fingerprint density at radius 2 is 1.60 bits per heavy atom. The zero-order valence-corrected chi connectivity index (χ0v) is 11.5. The van der Waals surface area contributed by atoms with E-state index in [0.29, 0.717) is 5.75 Å². The van der Waals surface area contributed by atoms with Gasteiger partial charge in [-0.05, 0) is 37.9 Å². The van der Waals surface area contributed by atoms with E-state index < -0.39 is 17.5 Å². The normalized spacial score (nSPS) is 11.3. The Labute approximate surface area is 116 Å². The van der Waals surface area contributed by atoms with E-state index in [9.17, 15) is 9.59 Å². The Morgan fingerprint density at radius 3 is 2.20 bits per heavy atom. The summed E-state index contributed by atoms with van der Waals surface area (Å²) in [6.07, 6.45) is 1.80. The highest BCUT2D eigenvalue weighted by molar-refractivity contribution is 5.92. The average molecular weight is 280 g/mol. The van der Waals surface area contributed by atoms with Crippen molar-refractivity contribution in [1.29, 1.82) is 0 Å². The molecule has 0 aliphatic rings. The molecule has 0 heterocycles. The Balaban J connectivity index is 2.32. The molecule has 1 aromatic carbocycles. The van der Waals surface area contributed by atoms with Gasteiger partial charge in [-0.25, -0.2) is 9.59 Å². The quantitative estimate of drug-likeness (QED) is 0.271. The summed E-state index contributed by atoms with van der Waals surface area (Å²) >= 11 is 0. The van der Waals surface area contributed by atoms with E-state index in [4.69, 9.17) is 9.62 Å². The first-order chi connectivity index (χ1) is 9.37. The van der Waals surface area contributed by atoms with Gasteiger partial charge < -0.3 is 4.74 Å². The smallest absolute Gasteiger partial charge is 0.369 e. The van der Waals surface area contributed by atoms with Crippen LogP contribution in [0.5, 0.6) is 5.75 Å². The van der Waals surface area contributed by atoms with E-state index in [-0.39, 0.29) is 0 Å². The molecule has 1 rings (SSSR count). The summed E-state index contributed by atoms with van der Waals surface area (Å²) in [7, 11) is 0. The number of hydrogen-bond acceptors (Lipinski definition) is 6. The van der Waals surface area contributed by atoms with Crippen LogP contribution < -0.4 is 4.74 Å². The molecule has 0 unspecified atom stereocenters. The maximum absolute atomic E-state index is 11.4. The molecule has 0 spiro atoms. The van der Waals surface area contributed by atoms with Crippen molar-refractivity contribution in [1.82, 2.24) is 0 Å². The highest BCUT2D eigenvalue weighted by Gasteiger charge is 2.13. The fourth-order valence-corrected chi connectivity index (χ4v) is 0.955. The van der Waals surface area contributed by atoms with Gasteiger partial charge in [-0.1, -0.05) is 18.2 Å². The first kappa shape index (κ1) is 15.9. The van der Waals surface area contributed by atoms with Crippen LogP contribution in [0.3, 0.4) is 0 Å². The van der Waals surface area contributed by atoms with Gasteiger partial charge in [0.15, 0.2) is 0 Å². The molecule has 0 fully saturated rings. The lowest BCUT2D eigenvalue weighted by Crippen LogP contribution is -2.20. The average Bonchev–Trinajstić information content (AvgIpc) is 2.36. The van der Waals surface area contributed by atoms with E-state index in [0.717, 1.165) is 12.2 Å². The molecule has 0 aliphatic heterocycles. The molecule has 20 heavy (non-hydrogen) atoms. The number of carbonyl (C=O) groups excluding carboxylic acids is 2. The number of carbonyl (C=O) groups is 2. The minimum Gasteiger partial charge on any atom is -0.423 e. The molecule has 0 saturated carbocycles. The minimum atomic E-state index is -0.890. The first-order valence-corrected chi connectivity index (χ1v) is 5.88. The number of rotatable bonds is 5. The van der Waals surface area contributed by atoms with Crippen molar-refractivity contribution in [2.75, 3.05) is 0 Å². The zero-order valence-electron chi connectivity index (χ0n) is 11.5. The predicted octanol–water partition coefficient (Wildman–Crippen LogP) is 2.35. The number of hydrogen-bond donors (Lipinski definition) is 0. The summed E-state index contributed by atoms with van der Waals surface area (Å²) in [5.74, 6) is -1.22. The molecule has 0 aromatic heterocycles. The number of ether oxygens (including phenoxy) is 1. The van der Waals surface area contributed by atoms with Crippen molar-refractivity contribution >= 4 is 11.9 Å². The number of esters is 1. The van der Waals surface area contributed by atoms with E-state index >= 15 is 0 Å². The summed E-state index contributed by atoms with van der Waals surface area (Å²) in [6, 6.07) is 8.46. The third-order valence-electron chi connectivity index (χ3n) is 1.72.